The smallest absolute Gasteiger partial charge is 0.173 e. The molecule has 2 rings (SSSR count). The molecule has 0 saturated carbocycles. The van der Waals surface area contributed by atoms with Crippen LogP contribution in [0.1, 0.15) is 12.8 Å². The largest absolute Gasteiger partial charge is 0.306 e. The van der Waals surface area contributed by atoms with Gasteiger partial charge in [-0.1, -0.05) is 6.08 Å². The molecule has 0 aromatic carbocycles. The lowest BCUT2D eigenvalue weighted by Gasteiger charge is -2.25. The number of hydrogen-bond donors (Lipinski definition) is 1. The molecule has 2 aliphatic rings. The molecular formula is C9H15NO4S2. The molecule has 0 aromatic heterocycles. The molecule has 7 heteroatoms. The minimum Gasteiger partial charge on any atom is -0.306 e. The Balaban J connectivity index is 1.94. The van der Waals surface area contributed by atoms with Gasteiger partial charge in [0.25, 0.3) is 0 Å². The second-order valence-corrected chi connectivity index (χ2v) is 8.54. The van der Waals surface area contributed by atoms with Crippen molar-refractivity contribution < 1.29 is 16.8 Å². The number of nitrogens with one attached hydrogen (secondary N) is 1. The van der Waals surface area contributed by atoms with E-state index in [1.54, 1.807) is 6.08 Å². The molecule has 0 amide bonds. The van der Waals surface area contributed by atoms with Crippen LogP contribution in [0.4, 0.5) is 0 Å². The molecule has 2 atom stereocenters. The van der Waals surface area contributed by atoms with Crippen LogP contribution in [0, 0.1) is 0 Å². The van der Waals surface area contributed by atoms with Gasteiger partial charge in [0.2, 0.25) is 0 Å². The van der Waals surface area contributed by atoms with Gasteiger partial charge in [-0.3, -0.25) is 0 Å². The van der Waals surface area contributed by atoms with Gasteiger partial charge >= 0.3 is 0 Å². The van der Waals surface area contributed by atoms with Crippen molar-refractivity contribution in [2.45, 2.75) is 24.9 Å². The van der Waals surface area contributed by atoms with E-state index in [-0.39, 0.29) is 29.3 Å². The quantitative estimate of drug-likeness (QED) is 0.725. The predicted octanol–water partition coefficient (Wildman–Crippen LogP) is -0.536. The summed E-state index contributed by atoms with van der Waals surface area (Å²) in [6.07, 6.45) is 3.04. The third-order valence-electron chi connectivity index (χ3n) is 2.84. The summed E-state index contributed by atoms with van der Waals surface area (Å²) in [6, 6.07) is -0.343. The Morgan fingerprint density at radius 3 is 2.44 bits per heavy atom. The van der Waals surface area contributed by atoms with Crippen LogP contribution in [-0.4, -0.2) is 46.2 Å². The Bertz CT molecular complexity index is 492. The van der Waals surface area contributed by atoms with Gasteiger partial charge in [0.1, 0.15) is 0 Å². The normalized spacial score (nSPS) is 36.2. The first kappa shape index (κ1) is 12.1. The fourth-order valence-corrected chi connectivity index (χ4v) is 5.03. The highest BCUT2D eigenvalue weighted by Crippen LogP contribution is 2.15. The van der Waals surface area contributed by atoms with E-state index in [2.05, 4.69) is 5.32 Å². The summed E-state index contributed by atoms with van der Waals surface area (Å²) < 4.78 is 45.1. The van der Waals surface area contributed by atoms with Crippen LogP contribution < -0.4 is 5.32 Å². The molecule has 2 unspecified atom stereocenters. The van der Waals surface area contributed by atoms with Crippen molar-refractivity contribution in [2.75, 3.05) is 17.3 Å². The molecule has 0 bridgehead atoms. The maximum atomic E-state index is 11.4. The van der Waals surface area contributed by atoms with Crippen LogP contribution in [-0.2, 0) is 19.7 Å². The molecule has 0 spiro atoms. The average Bonchev–Trinajstić information content (AvgIpc) is 2.43. The maximum Gasteiger partial charge on any atom is 0.173 e. The molecule has 2 aliphatic heterocycles. The van der Waals surface area contributed by atoms with E-state index >= 15 is 0 Å². The van der Waals surface area contributed by atoms with Gasteiger partial charge in [0.05, 0.1) is 17.3 Å². The van der Waals surface area contributed by atoms with Crippen LogP contribution in [0.3, 0.4) is 0 Å². The molecule has 1 fully saturated rings. The van der Waals surface area contributed by atoms with Crippen LogP contribution in [0.25, 0.3) is 0 Å². The zero-order valence-corrected chi connectivity index (χ0v) is 10.4. The Morgan fingerprint density at radius 2 is 1.88 bits per heavy atom. The number of sulfone groups is 2. The first-order valence-corrected chi connectivity index (χ1v) is 8.77. The lowest BCUT2D eigenvalue weighted by Crippen LogP contribution is -2.45. The highest BCUT2D eigenvalue weighted by atomic mass is 32.2. The van der Waals surface area contributed by atoms with Crippen molar-refractivity contribution in [3.05, 3.63) is 11.5 Å². The minimum absolute atomic E-state index is 0.0452. The summed E-state index contributed by atoms with van der Waals surface area (Å²) in [4.78, 5) is 0. The molecule has 0 radical (unpaired) electrons. The molecule has 1 saturated heterocycles. The first-order valence-electron chi connectivity index (χ1n) is 5.24. The number of rotatable bonds is 2. The Labute approximate surface area is 95.8 Å². The van der Waals surface area contributed by atoms with Gasteiger partial charge in [-0.05, 0) is 12.8 Å². The van der Waals surface area contributed by atoms with E-state index in [9.17, 15) is 16.8 Å². The lowest BCUT2D eigenvalue weighted by atomic mass is 10.1. The molecule has 0 aromatic rings. The van der Waals surface area contributed by atoms with Gasteiger partial charge in [0.15, 0.2) is 19.7 Å². The van der Waals surface area contributed by atoms with Gasteiger partial charge in [0, 0.05) is 17.5 Å². The fourth-order valence-electron chi connectivity index (χ4n) is 2.14. The SMILES string of the molecule is O=S1(=O)C=CC(NC2CCCS(=O)(=O)C2)C1. The second kappa shape index (κ2) is 4.12. The fraction of sp³-hybridized carbons (Fsp3) is 0.778. The third kappa shape index (κ3) is 3.05. The minimum atomic E-state index is -3.07. The van der Waals surface area contributed by atoms with E-state index in [0.717, 1.165) is 6.42 Å². The van der Waals surface area contributed by atoms with E-state index in [0.29, 0.717) is 6.42 Å². The summed E-state index contributed by atoms with van der Waals surface area (Å²) in [5, 5.41) is 4.28. The Kier molecular flexibility index (Phi) is 3.11. The predicted molar refractivity (Wildman–Crippen MR) is 61.5 cm³/mol. The highest BCUT2D eigenvalue weighted by molar-refractivity contribution is 7.94. The molecule has 5 nitrogen and oxygen atoms in total. The van der Waals surface area contributed by atoms with E-state index < -0.39 is 19.7 Å². The summed E-state index contributed by atoms with van der Waals surface area (Å²) >= 11 is 0. The van der Waals surface area contributed by atoms with Gasteiger partial charge in [-0.2, -0.15) is 0 Å². The summed E-state index contributed by atoms with van der Waals surface area (Å²) in [7, 11) is -6.01. The summed E-state index contributed by atoms with van der Waals surface area (Å²) in [5.74, 6) is 0.422. The van der Waals surface area contributed by atoms with E-state index in [1.165, 1.54) is 5.41 Å². The third-order valence-corrected chi connectivity index (χ3v) is 6.06. The lowest BCUT2D eigenvalue weighted by molar-refractivity contribution is 0.463. The average molecular weight is 265 g/mol. The van der Waals surface area contributed by atoms with Crippen molar-refractivity contribution in [2.24, 2.45) is 0 Å². The molecule has 1 N–H and O–H groups in total. The number of hydrogen-bond acceptors (Lipinski definition) is 5. The maximum absolute atomic E-state index is 11.4. The van der Waals surface area contributed by atoms with Gasteiger partial charge in [-0.25, -0.2) is 16.8 Å². The molecule has 2 heterocycles. The standard InChI is InChI=1S/C9H15NO4S2/c11-15(12)4-1-2-8(6-15)10-9-3-5-16(13,14)7-9/h3,5,8-10H,1-2,4,6-7H2. The van der Waals surface area contributed by atoms with Crippen molar-refractivity contribution in [3.63, 3.8) is 0 Å². The first-order chi connectivity index (χ1) is 7.36. The Hall–Kier alpha value is -0.400. The van der Waals surface area contributed by atoms with E-state index in [1.807, 2.05) is 0 Å². The molecular weight excluding hydrogens is 250 g/mol. The zero-order valence-electron chi connectivity index (χ0n) is 8.79. The Morgan fingerprint density at radius 1 is 1.12 bits per heavy atom. The van der Waals surface area contributed by atoms with Crippen LogP contribution in [0.5, 0.6) is 0 Å². The summed E-state index contributed by atoms with van der Waals surface area (Å²) in [6.45, 7) is 0. The molecule has 16 heavy (non-hydrogen) atoms. The topological polar surface area (TPSA) is 80.3 Å². The highest BCUT2D eigenvalue weighted by Gasteiger charge is 2.29. The summed E-state index contributed by atoms with van der Waals surface area (Å²) in [5.41, 5.74) is 0. The van der Waals surface area contributed by atoms with Crippen molar-refractivity contribution in [1.82, 2.24) is 5.32 Å². The van der Waals surface area contributed by atoms with Crippen LogP contribution in [0.2, 0.25) is 0 Å². The molecule has 92 valence electrons. The van der Waals surface area contributed by atoms with Gasteiger partial charge < -0.3 is 5.32 Å². The molecule has 0 aliphatic carbocycles. The second-order valence-electron chi connectivity index (χ2n) is 4.38. The van der Waals surface area contributed by atoms with Crippen molar-refractivity contribution in [1.29, 1.82) is 0 Å². The van der Waals surface area contributed by atoms with Crippen LogP contribution >= 0.6 is 0 Å². The van der Waals surface area contributed by atoms with Gasteiger partial charge in [-0.15, -0.1) is 0 Å². The van der Waals surface area contributed by atoms with Crippen molar-refractivity contribution >= 4 is 19.7 Å². The zero-order chi connectivity index (χ0) is 11.8. The van der Waals surface area contributed by atoms with Crippen molar-refractivity contribution in [3.8, 4) is 0 Å². The monoisotopic (exact) mass is 265 g/mol. The van der Waals surface area contributed by atoms with E-state index in [4.69, 9.17) is 0 Å². The van der Waals surface area contributed by atoms with Crippen LogP contribution in [0.15, 0.2) is 11.5 Å².